The molecule has 18 heavy (non-hydrogen) atoms. The Hall–Kier alpha value is -0.905. The van der Waals surface area contributed by atoms with Crippen LogP contribution in [-0.2, 0) is 6.54 Å². The summed E-state index contributed by atoms with van der Waals surface area (Å²) in [7, 11) is -1.54. The predicted molar refractivity (Wildman–Crippen MR) is 69.9 cm³/mol. The largest absolute Gasteiger partial charge is 0.488 e. The van der Waals surface area contributed by atoms with Crippen LogP contribution in [0.15, 0.2) is 18.2 Å². The van der Waals surface area contributed by atoms with Crippen LogP contribution in [0.2, 0.25) is 0 Å². The van der Waals surface area contributed by atoms with Crippen molar-refractivity contribution in [3.63, 3.8) is 0 Å². The first-order valence-electron chi connectivity index (χ1n) is 6.43. The summed E-state index contributed by atoms with van der Waals surface area (Å²) in [5.74, 6) is 0.413. The lowest BCUT2D eigenvalue weighted by Gasteiger charge is -2.30. The molecule has 2 rings (SSSR count). The van der Waals surface area contributed by atoms with Crippen LogP contribution in [0.5, 0.6) is 0 Å². The van der Waals surface area contributed by atoms with Gasteiger partial charge < -0.3 is 10.0 Å². The van der Waals surface area contributed by atoms with Gasteiger partial charge in [-0.2, -0.15) is 0 Å². The van der Waals surface area contributed by atoms with Crippen molar-refractivity contribution in [1.82, 2.24) is 4.90 Å². The number of likely N-dealkylation sites (tertiary alicyclic amines) is 1. The zero-order valence-corrected chi connectivity index (χ0v) is 10.6. The highest BCUT2D eigenvalue weighted by molar-refractivity contribution is 6.59. The molecule has 1 fully saturated rings. The molecule has 0 aliphatic carbocycles. The molecule has 1 aliphatic rings. The molecule has 0 radical (unpaired) electrons. The van der Waals surface area contributed by atoms with Crippen molar-refractivity contribution >= 4 is 12.6 Å². The quantitative estimate of drug-likeness (QED) is 0.778. The van der Waals surface area contributed by atoms with Crippen molar-refractivity contribution in [1.29, 1.82) is 0 Å². The van der Waals surface area contributed by atoms with E-state index in [1.54, 1.807) is 0 Å². The second-order valence-corrected chi connectivity index (χ2v) is 5.18. The minimum atomic E-state index is -1.54. The Morgan fingerprint density at radius 3 is 2.61 bits per heavy atom. The molecule has 0 unspecified atom stereocenters. The highest BCUT2D eigenvalue weighted by Gasteiger charge is 2.20. The molecule has 0 spiro atoms. The number of hydrogen-bond acceptors (Lipinski definition) is 3. The molecule has 0 amide bonds. The molecule has 0 atom stereocenters. The molecule has 1 aromatic carbocycles. The molecule has 1 heterocycles. The van der Waals surface area contributed by atoms with Gasteiger partial charge in [-0.3, -0.25) is 4.90 Å². The molecule has 5 heteroatoms. The van der Waals surface area contributed by atoms with Crippen LogP contribution in [0.4, 0.5) is 4.39 Å². The first-order valence-corrected chi connectivity index (χ1v) is 6.43. The Morgan fingerprint density at radius 1 is 1.33 bits per heavy atom. The van der Waals surface area contributed by atoms with Crippen LogP contribution < -0.4 is 5.46 Å². The molecular weight excluding hydrogens is 232 g/mol. The number of rotatable bonds is 3. The van der Waals surface area contributed by atoms with Crippen LogP contribution >= 0.6 is 0 Å². The molecule has 98 valence electrons. The molecule has 0 saturated carbocycles. The first-order chi connectivity index (χ1) is 8.56. The fourth-order valence-electron chi connectivity index (χ4n) is 2.42. The summed E-state index contributed by atoms with van der Waals surface area (Å²) < 4.78 is 13.2. The van der Waals surface area contributed by atoms with Crippen molar-refractivity contribution < 1.29 is 14.4 Å². The molecular formula is C13H19BFNO2. The van der Waals surface area contributed by atoms with Gasteiger partial charge in [-0.05, 0) is 55.0 Å². The summed E-state index contributed by atoms with van der Waals surface area (Å²) in [4.78, 5) is 2.24. The third-order valence-electron chi connectivity index (χ3n) is 3.65. The second kappa shape index (κ2) is 5.82. The van der Waals surface area contributed by atoms with E-state index in [9.17, 15) is 14.4 Å². The fourth-order valence-corrected chi connectivity index (χ4v) is 2.42. The molecule has 2 N–H and O–H groups in total. The number of benzene rings is 1. The zero-order chi connectivity index (χ0) is 13.1. The second-order valence-electron chi connectivity index (χ2n) is 5.18. The lowest BCUT2D eigenvalue weighted by atomic mass is 9.77. The number of halogens is 1. The zero-order valence-electron chi connectivity index (χ0n) is 10.6. The van der Waals surface area contributed by atoms with Crippen molar-refractivity contribution in [3.05, 3.63) is 29.6 Å². The van der Waals surface area contributed by atoms with Crippen LogP contribution in [0.3, 0.4) is 0 Å². The van der Waals surface area contributed by atoms with Gasteiger partial charge >= 0.3 is 7.12 Å². The summed E-state index contributed by atoms with van der Waals surface area (Å²) in [6, 6.07) is 4.10. The van der Waals surface area contributed by atoms with Crippen LogP contribution in [0.1, 0.15) is 25.3 Å². The fraction of sp³-hybridized carbons (Fsp3) is 0.538. The van der Waals surface area contributed by atoms with Crippen LogP contribution in [0, 0.1) is 11.7 Å². The minimum absolute atomic E-state index is 0.334. The topological polar surface area (TPSA) is 43.7 Å². The maximum atomic E-state index is 13.2. The van der Waals surface area contributed by atoms with Crippen LogP contribution in [-0.4, -0.2) is 35.2 Å². The average Bonchev–Trinajstić information content (AvgIpc) is 2.32. The van der Waals surface area contributed by atoms with Crippen molar-refractivity contribution in [2.24, 2.45) is 5.92 Å². The van der Waals surface area contributed by atoms with Crippen molar-refractivity contribution in [3.8, 4) is 0 Å². The van der Waals surface area contributed by atoms with Crippen LogP contribution in [0.25, 0.3) is 0 Å². The highest BCUT2D eigenvalue weighted by atomic mass is 19.1. The van der Waals surface area contributed by atoms with Gasteiger partial charge in [0, 0.05) is 6.54 Å². The van der Waals surface area contributed by atoms with Crippen molar-refractivity contribution in [2.45, 2.75) is 26.3 Å². The molecule has 1 saturated heterocycles. The Labute approximate surface area is 107 Å². The van der Waals surface area contributed by atoms with Gasteiger partial charge in [0.05, 0.1) is 0 Å². The van der Waals surface area contributed by atoms with E-state index in [-0.39, 0.29) is 5.82 Å². The van der Waals surface area contributed by atoms with E-state index in [0.29, 0.717) is 17.6 Å². The van der Waals surface area contributed by atoms with Gasteiger partial charge in [0.2, 0.25) is 0 Å². The van der Waals surface area contributed by atoms with E-state index in [4.69, 9.17) is 0 Å². The summed E-state index contributed by atoms with van der Waals surface area (Å²) in [5, 5.41) is 18.6. The van der Waals surface area contributed by atoms with E-state index in [2.05, 4.69) is 11.8 Å². The van der Waals surface area contributed by atoms with E-state index >= 15 is 0 Å². The maximum Gasteiger partial charge on any atom is 0.488 e. The molecule has 3 nitrogen and oxygen atoms in total. The summed E-state index contributed by atoms with van der Waals surface area (Å²) in [6.07, 6.45) is 2.29. The standard InChI is InChI=1S/C13H19BFNO2/c1-10-4-6-16(7-5-10)9-11-8-12(15)2-3-13(11)14(17)18/h2-3,8,10,17-18H,4-7,9H2,1H3. The van der Waals surface area contributed by atoms with Gasteiger partial charge in [-0.25, -0.2) is 4.39 Å². The normalized spacial score (nSPS) is 18.0. The Morgan fingerprint density at radius 2 is 2.00 bits per heavy atom. The first kappa shape index (κ1) is 13.5. The number of hydrogen-bond donors (Lipinski definition) is 2. The summed E-state index contributed by atoms with van der Waals surface area (Å²) in [6.45, 7) is 4.79. The number of nitrogens with zero attached hydrogens (tertiary/aromatic N) is 1. The van der Waals surface area contributed by atoms with Gasteiger partial charge in [0.1, 0.15) is 5.82 Å². The van der Waals surface area contributed by atoms with E-state index in [1.807, 2.05) is 0 Å². The lowest BCUT2D eigenvalue weighted by molar-refractivity contribution is 0.185. The lowest BCUT2D eigenvalue weighted by Crippen LogP contribution is -2.38. The summed E-state index contributed by atoms with van der Waals surface area (Å²) in [5.41, 5.74) is 1.06. The molecule has 0 bridgehead atoms. The Bertz CT molecular complexity index is 406. The minimum Gasteiger partial charge on any atom is -0.423 e. The van der Waals surface area contributed by atoms with E-state index < -0.39 is 7.12 Å². The Balaban J connectivity index is 2.10. The monoisotopic (exact) mass is 251 g/mol. The van der Waals surface area contributed by atoms with Gasteiger partial charge in [-0.1, -0.05) is 13.0 Å². The summed E-state index contributed by atoms with van der Waals surface area (Å²) >= 11 is 0. The maximum absolute atomic E-state index is 13.2. The number of piperidine rings is 1. The smallest absolute Gasteiger partial charge is 0.423 e. The van der Waals surface area contributed by atoms with Gasteiger partial charge in [0.25, 0.3) is 0 Å². The SMILES string of the molecule is CC1CCN(Cc2cc(F)ccc2B(O)O)CC1. The predicted octanol–water partition coefficient (Wildman–Crippen LogP) is 0.737. The van der Waals surface area contributed by atoms with Gasteiger partial charge in [0.15, 0.2) is 0 Å². The third kappa shape index (κ3) is 3.31. The molecule has 0 aromatic heterocycles. The molecule has 1 aromatic rings. The van der Waals surface area contributed by atoms with Crippen molar-refractivity contribution in [2.75, 3.05) is 13.1 Å². The van der Waals surface area contributed by atoms with E-state index in [0.717, 1.165) is 31.8 Å². The highest BCUT2D eigenvalue weighted by Crippen LogP contribution is 2.18. The van der Waals surface area contributed by atoms with Gasteiger partial charge in [-0.15, -0.1) is 0 Å². The molecule has 1 aliphatic heterocycles. The third-order valence-corrected chi connectivity index (χ3v) is 3.65. The average molecular weight is 251 g/mol. The Kier molecular flexibility index (Phi) is 4.38. The van der Waals surface area contributed by atoms with E-state index in [1.165, 1.54) is 18.2 Å².